The van der Waals surface area contributed by atoms with Gasteiger partial charge in [0.25, 0.3) is 0 Å². The zero-order valence-corrected chi connectivity index (χ0v) is 61.5. The number of rotatable bonds is 73. The topological polar surface area (TPSA) is 237 Å². The van der Waals surface area contributed by atoms with Gasteiger partial charge in [0.15, 0.2) is 12.2 Å². The molecule has 0 aromatic carbocycles. The second-order valence-electron chi connectivity index (χ2n) is 26.8. The summed E-state index contributed by atoms with van der Waals surface area (Å²) in [6.07, 6.45) is 54.2. The lowest BCUT2D eigenvalue weighted by atomic mass is 10.0. The lowest BCUT2D eigenvalue weighted by Gasteiger charge is -2.21. The maximum absolute atomic E-state index is 13.1. The number of carbonyl (C=O) groups is 4. The molecular formula is C73H142O17P2. The predicted octanol–water partition coefficient (Wildman–Crippen LogP) is 21.3. The molecule has 0 bridgehead atoms. The first-order chi connectivity index (χ1) is 44.5. The highest BCUT2D eigenvalue weighted by Crippen LogP contribution is 2.45. The molecule has 0 fully saturated rings. The largest absolute Gasteiger partial charge is 0.472 e. The van der Waals surface area contributed by atoms with Gasteiger partial charge in [-0.05, 0) is 31.6 Å². The van der Waals surface area contributed by atoms with Crippen molar-refractivity contribution < 1.29 is 80.2 Å². The molecule has 0 aliphatic carbocycles. The molecule has 0 rings (SSSR count). The first-order valence-corrected chi connectivity index (χ1v) is 41.1. The fourth-order valence-electron chi connectivity index (χ4n) is 11.2. The van der Waals surface area contributed by atoms with Gasteiger partial charge < -0.3 is 33.8 Å². The van der Waals surface area contributed by atoms with E-state index in [0.717, 1.165) is 95.8 Å². The minimum absolute atomic E-state index is 0.106. The highest BCUT2D eigenvalue weighted by molar-refractivity contribution is 7.47. The minimum Gasteiger partial charge on any atom is -0.462 e. The number of aliphatic hydroxyl groups is 1. The van der Waals surface area contributed by atoms with Crippen molar-refractivity contribution in [2.24, 2.45) is 5.92 Å². The normalized spacial score (nSPS) is 14.0. The molecule has 0 radical (unpaired) electrons. The molecule has 19 heteroatoms. The van der Waals surface area contributed by atoms with Crippen LogP contribution in [0.5, 0.6) is 0 Å². The molecule has 546 valence electrons. The van der Waals surface area contributed by atoms with Gasteiger partial charge in [-0.15, -0.1) is 0 Å². The Morgan fingerprint density at radius 3 is 0.739 bits per heavy atom. The summed E-state index contributed by atoms with van der Waals surface area (Å²) in [6, 6.07) is 0. The summed E-state index contributed by atoms with van der Waals surface area (Å²) in [4.78, 5) is 72.5. The average molecular weight is 1350 g/mol. The van der Waals surface area contributed by atoms with Gasteiger partial charge in [0.2, 0.25) is 0 Å². The van der Waals surface area contributed by atoms with Crippen LogP contribution in [0.1, 0.15) is 381 Å². The van der Waals surface area contributed by atoms with Crippen molar-refractivity contribution in [1.82, 2.24) is 0 Å². The molecule has 3 N–H and O–H groups in total. The van der Waals surface area contributed by atoms with Crippen molar-refractivity contribution in [3.63, 3.8) is 0 Å². The highest BCUT2D eigenvalue weighted by atomic mass is 31.2. The molecule has 0 aliphatic rings. The van der Waals surface area contributed by atoms with E-state index < -0.39 is 97.5 Å². The van der Waals surface area contributed by atoms with Crippen LogP contribution in [0.25, 0.3) is 0 Å². The summed E-state index contributed by atoms with van der Waals surface area (Å²) in [5.41, 5.74) is 0. The number of phosphoric acid groups is 2. The van der Waals surface area contributed by atoms with Crippen LogP contribution in [-0.4, -0.2) is 96.7 Å². The summed E-state index contributed by atoms with van der Waals surface area (Å²) in [5, 5.41) is 10.6. The Morgan fingerprint density at radius 1 is 0.293 bits per heavy atom. The van der Waals surface area contributed by atoms with Crippen LogP contribution in [0.4, 0.5) is 0 Å². The van der Waals surface area contributed by atoms with E-state index in [1.165, 1.54) is 205 Å². The van der Waals surface area contributed by atoms with E-state index in [0.29, 0.717) is 25.7 Å². The number of aliphatic hydroxyl groups excluding tert-OH is 1. The Bertz CT molecular complexity index is 1770. The van der Waals surface area contributed by atoms with Crippen molar-refractivity contribution in [3.05, 3.63) is 0 Å². The standard InChI is InChI=1S/C73H142O17P2/c1-6-9-12-15-18-21-22-23-24-25-26-27-28-29-30-33-39-44-49-54-59-73(78)90-69(63-84-71(76)57-52-47-42-38-34-31-32-37-40-45-50-55-66(4)5)65-88-92(81,82)86-61-67(74)60-85-91(79,80)87-64-68(89-72(77)58-53-48-43-36-20-17-14-11-8-3)62-83-70(75)56-51-46-41-35-19-16-13-10-7-2/h66-69,74H,6-65H2,1-5H3,(H,79,80)(H,81,82)/t67-,68+,69+/m0/s1. The molecule has 0 aromatic rings. The number of ether oxygens (including phenoxy) is 4. The SMILES string of the molecule is CCCCCCCCCCCCCCCCCCCCCCC(=O)O[C@H](COC(=O)CCCCCCCCCCCCCC(C)C)COP(=O)(O)OC[C@@H](O)COP(=O)(O)OC[C@@H](COC(=O)CCCCCCCCCCC)OC(=O)CCCCCCCCCCC. The van der Waals surface area contributed by atoms with E-state index in [1.54, 1.807) is 0 Å². The fraction of sp³-hybridized carbons (Fsp3) is 0.945. The molecule has 0 spiro atoms. The van der Waals surface area contributed by atoms with Gasteiger partial charge in [-0.2, -0.15) is 0 Å². The maximum atomic E-state index is 13.1. The molecule has 0 aromatic heterocycles. The Morgan fingerprint density at radius 2 is 0.500 bits per heavy atom. The van der Waals surface area contributed by atoms with E-state index in [-0.39, 0.29) is 25.7 Å². The highest BCUT2D eigenvalue weighted by Gasteiger charge is 2.30. The second kappa shape index (κ2) is 66.3. The van der Waals surface area contributed by atoms with Crippen LogP contribution in [-0.2, 0) is 65.4 Å². The van der Waals surface area contributed by atoms with Crippen LogP contribution >= 0.6 is 15.6 Å². The van der Waals surface area contributed by atoms with Gasteiger partial charge in [0.1, 0.15) is 19.3 Å². The zero-order valence-electron chi connectivity index (χ0n) is 59.7. The van der Waals surface area contributed by atoms with Crippen LogP contribution in [0.2, 0.25) is 0 Å². The first-order valence-electron chi connectivity index (χ1n) is 38.1. The van der Waals surface area contributed by atoms with Crippen LogP contribution in [0, 0.1) is 5.92 Å². The number of hydrogen-bond acceptors (Lipinski definition) is 15. The summed E-state index contributed by atoms with van der Waals surface area (Å²) < 4.78 is 68.3. The van der Waals surface area contributed by atoms with Crippen LogP contribution < -0.4 is 0 Å². The average Bonchev–Trinajstić information content (AvgIpc) is 3.72. The van der Waals surface area contributed by atoms with Crippen molar-refractivity contribution in [2.75, 3.05) is 39.6 Å². The lowest BCUT2D eigenvalue weighted by Crippen LogP contribution is -2.30. The summed E-state index contributed by atoms with van der Waals surface area (Å²) in [5.74, 6) is -1.35. The molecule has 0 amide bonds. The molecule has 92 heavy (non-hydrogen) atoms. The Labute approximate surface area is 562 Å². The van der Waals surface area contributed by atoms with E-state index in [2.05, 4.69) is 34.6 Å². The third kappa shape index (κ3) is 66.7. The molecular weight excluding hydrogens is 1210 g/mol. The van der Waals surface area contributed by atoms with Gasteiger partial charge in [-0.1, -0.05) is 330 Å². The Hall–Kier alpha value is -1.94. The maximum Gasteiger partial charge on any atom is 0.472 e. The third-order valence-electron chi connectivity index (χ3n) is 17.0. The fourth-order valence-corrected chi connectivity index (χ4v) is 12.8. The van der Waals surface area contributed by atoms with E-state index in [4.69, 9.17) is 37.0 Å². The Balaban J connectivity index is 5.17. The summed E-state index contributed by atoms with van der Waals surface area (Å²) in [7, 11) is -9.90. The van der Waals surface area contributed by atoms with Crippen LogP contribution in [0.3, 0.4) is 0 Å². The minimum atomic E-state index is -4.95. The number of unbranched alkanes of at least 4 members (excludes halogenated alkanes) is 45. The monoisotopic (exact) mass is 1350 g/mol. The lowest BCUT2D eigenvalue weighted by molar-refractivity contribution is -0.161. The van der Waals surface area contributed by atoms with Gasteiger partial charge in [0, 0.05) is 25.7 Å². The molecule has 0 saturated heterocycles. The summed E-state index contributed by atoms with van der Waals surface area (Å²) in [6.45, 7) is 7.24. The van der Waals surface area contributed by atoms with Gasteiger partial charge in [-0.3, -0.25) is 37.3 Å². The van der Waals surface area contributed by atoms with Crippen molar-refractivity contribution in [2.45, 2.75) is 400 Å². The molecule has 5 atom stereocenters. The molecule has 0 aliphatic heterocycles. The smallest absolute Gasteiger partial charge is 0.462 e. The quantitative estimate of drug-likeness (QED) is 0.0222. The molecule has 0 saturated carbocycles. The van der Waals surface area contributed by atoms with Gasteiger partial charge in [-0.25, -0.2) is 9.13 Å². The molecule has 0 heterocycles. The number of hydrogen-bond donors (Lipinski definition) is 3. The third-order valence-corrected chi connectivity index (χ3v) is 18.9. The zero-order chi connectivity index (χ0) is 67.7. The van der Waals surface area contributed by atoms with E-state index in [1.807, 2.05) is 0 Å². The van der Waals surface area contributed by atoms with Crippen LogP contribution in [0.15, 0.2) is 0 Å². The molecule has 17 nitrogen and oxygen atoms in total. The number of phosphoric ester groups is 2. The van der Waals surface area contributed by atoms with Crippen molar-refractivity contribution >= 4 is 39.5 Å². The van der Waals surface area contributed by atoms with Gasteiger partial charge >= 0.3 is 39.5 Å². The van der Waals surface area contributed by atoms with E-state index >= 15 is 0 Å². The summed E-state index contributed by atoms with van der Waals surface area (Å²) >= 11 is 0. The Kier molecular flexibility index (Phi) is 64.9. The van der Waals surface area contributed by atoms with Crippen molar-refractivity contribution in [1.29, 1.82) is 0 Å². The van der Waals surface area contributed by atoms with E-state index in [9.17, 15) is 43.2 Å². The van der Waals surface area contributed by atoms with Crippen molar-refractivity contribution in [3.8, 4) is 0 Å². The number of carbonyl (C=O) groups excluding carboxylic acids is 4. The first kappa shape index (κ1) is 90.1. The van der Waals surface area contributed by atoms with Gasteiger partial charge in [0.05, 0.1) is 26.4 Å². The molecule has 2 unspecified atom stereocenters. The number of esters is 4. The second-order valence-corrected chi connectivity index (χ2v) is 29.7. The predicted molar refractivity (Wildman–Crippen MR) is 372 cm³/mol.